The lowest BCUT2D eigenvalue weighted by atomic mass is 10.0. The molecule has 5 heteroatoms. The van der Waals surface area contributed by atoms with Crippen molar-refractivity contribution in [2.24, 2.45) is 0 Å². The molecule has 0 radical (unpaired) electrons. The van der Waals surface area contributed by atoms with Gasteiger partial charge in [0.25, 0.3) is 0 Å². The van der Waals surface area contributed by atoms with E-state index < -0.39 is 0 Å². The molecule has 0 aliphatic carbocycles. The molecule has 2 aromatic carbocycles. The zero-order valence-electron chi connectivity index (χ0n) is 17.7. The summed E-state index contributed by atoms with van der Waals surface area (Å²) < 4.78 is 1.91. The third-order valence-corrected chi connectivity index (χ3v) is 5.71. The van der Waals surface area contributed by atoms with Gasteiger partial charge in [0.2, 0.25) is 5.91 Å². The van der Waals surface area contributed by atoms with E-state index in [1.54, 1.807) is 0 Å². The Hall–Kier alpha value is -2.92. The number of para-hydroxylation sites is 1. The predicted molar refractivity (Wildman–Crippen MR) is 121 cm³/mol. The van der Waals surface area contributed by atoms with E-state index in [-0.39, 0.29) is 5.91 Å². The average Bonchev–Trinajstić information content (AvgIpc) is 3.44. The van der Waals surface area contributed by atoms with E-state index in [0.717, 1.165) is 48.7 Å². The number of carbonyl (C=O) groups is 1. The van der Waals surface area contributed by atoms with Gasteiger partial charge in [-0.15, -0.1) is 0 Å². The minimum Gasteiger partial charge on any atom is -0.355 e. The zero-order valence-corrected chi connectivity index (χ0v) is 17.7. The van der Waals surface area contributed by atoms with E-state index in [9.17, 15) is 4.79 Å². The van der Waals surface area contributed by atoms with Gasteiger partial charge in [0, 0.05) is 31.3 Å². The number of carbonyl (C=O) groups excluding carboxylic acids is 1. The van der Waals surface area contributed by atoms with E-state index in [2.05, 4.69) is 47.6 Å². The van der Waals surface area contributed by atoms with Crippen LogP contribution in [0.2, 0.25) is 0 Å². The first-order valence-corrected chi connectivity index (χ1v) is 10.9. The molecule has 2 heterocycles. The number of aryl methyl sites for hydroxylation is 2. The normalized spacial score (nSPS) is 14.2. The minimum absolute atomic E-state index is 0.108. The van der Waals surface area contributed by atoms with Crippen molar-refractivity contribution in [1.29, 1.82) is 0 Å². The predicted octanol–water partition coefficient (Wildman–Crippen LogP) is 3.99. The van der Waals surface area contributed by atoms with Crippen LogP contribution < -0.4 is 5.32 Å². The Morgan fingerprint density at radius 3 is 2.50 bits per heavy atom. The van der Waals surface area contributed by atoms with Gasteiger partial charge in [-0.1, -0.05) is 48.0 Å². The van der Waals surface area contributed by atoms with Crippen LogP contribution in [0.15, 0.2) is 60.8 Å². The number of amides is 1. The van der Waals surface area contributed by atoms with Crippen molar-refractivity contribution in [2.75, 3.05) is 26.2 Å². The van der Waals surface area contributed by atoms with E-state index in [4.69, 9.17) is 5.10 Å². The molecule has 1 saturated heterocycles. The van der Waals surface area contributed by atoms with Gasteiger partial charge in [0.15, 0.2) is 0 Å². The third kappa shape index (κ3) is 5.16. The van der Waals surface area contributed by atoms with Crippen molar-refractivity contribution in [1.82, 2.24) is 20.0 Å². The SMILES string of the molecule is Cc1ccc(-c2nn(-c3ccccc3)cc2CCC(=O)NCCN2CCCC2)cc1. The van der Waals surface area contributed by atoms with Crippen molar-refractivity contribution >= 4 is 5.91 Å². The molecule has 156 valence electrons. The van der Waals surface area contributed by atoms with Crippen molar-refractivity contribution in [3.63, 3.8) is 0 Å². The third-order valence-electron chi connectivity index (χ3n) is 5.71. The molecule has 30 heavy (non-hydrogen) atoms. The van der Waals surface area contributed by atoms with Crippen LogP contribution in [-0.2, 0) is 11.2 Å². The van der Waals surface area contributed by atoms with Gasteiger partial charge in [-0.3, -0.25) is 4.79 Å². The summed E-state index contributed by atoms with van der Waals surface area (Å²) in [4.78, 5) is 14.8. The van der Waals surface area contributed by atoms with Gasteiger partial charge >= 0.3 is 0 Å². The summed E-state index contributed by atoms with van der Waals surface area (Å²) in [6.45, 7) is 6.09. The van der Waals surface area contributed by atoms with Crippen LogP contribution in [0.25, 0.3) is 16.9 Å². The molecule has 1 N–H and O–H groups in total. The molecule has 0 unspecified atom stereocenters. The van der Waals surface area contributed by atoms with E-state index in [0.29, 0.717) is 12.8 Å². The number of rotatable bonds is 8. The number of nitrogens with zero attached hydrogens (tertiary/aromatic N) is 3. The summed E-state index contributed by atoms with van der Waals surface area (Å²) in [5, 5.41) is 7.93. The summed E-state index contributed by atoms with van der Waals surface area (Å²) in [6, 6.07) is 18.5. The maximum atomic E-state index is 12.4. The van der Waals surface area contributed by atoms with Gasteiger partial charge in [-0.05, 0) is 57.0 Å². The Morgan fingerprint density at radius 2 is 1.77 bits per heavy atom. The maximum Gasteiger partial charge on any atom is 0.220 e. The van der Waals surface area contributed by atoms with E-state index in [1.165, 1.54) is 18.4 Å². The first-order valence-electron chi connectivity index (χ1n) is 10.9. The number of hydrogen-bond acceptors (Lipinski definition) is 3. The molecule has 0 spiro atoms. The maximum absolute atomic E-state index is 12.4. The molecule has 0 bridgehead atoms. The molecule has 0 atom stereocenters. The molecule has 0 saturated carbocycles. The van der Waals surface area contributed by atoms with Crippen molar-refractivity contribution in [3.8, 4) is 16.9 Å². The van der Waals surface area contributed by atoms with Crippen LogP contribution in [0.3, 0.4) is 0 Å². The first-order chi connectivity index (χ1) is 14.7. The molecule has 1 aliphatic rings. The lowest BCUT2D eigenvalue weighted by molar-refractivity contribution is -0.121. The van der Waals surface area contributed by atoms with Crippen LogP contribution in [-0.4, -0.2) is 46.8 Å². The Kier molecular flexibility index (Phi) is 6.60. The van der Waals surface area contributed by atoms with Crippen LogP contribution in [0.5, 0.6) is 0 Å². The van der Waals surface area contributed by atoms with Crippen LogP contribution in [0, 0.1) is 6.92 Å². The molecular weight excluding hydrogens is 372 g/mol. The molecule has 3 aromatic rings. The Morgan fingerprint density at radius 1 is 1.03 bits per heavy atom. The van der Waals surface area contributed by atoms with Crippen LogP contribution in [0.1, 0.15) is 30.4 Å². The highest BCUT2D eigenvalue weighted by molar-refractivity contribution is 5.76. The highest BCUT2D eigenvalue weighted by atomic mass is 16.1. The number of nitrogens with one attached hydrogen (secondary N) is 1. The smallest absolute Gasteiger partial charge is 0.220 e. The Bertz CT molecular complexity index is 957. The number of hydrogen-bond donors (Lipinski definition) is 1. The van der Waals surface area contributed by atoms with Gasteiger partial charge in [-0.2, -0.15) is 5.10 Å². The molecule has 1 fully saturated rings. The van der Waals surface area contributed by atoms with Gasteiger partial charge in [-0.25, -0.2) is 4.68 Å². The number of aromatic nitrogens is 2. The number of benzene rings is 2. The van der Waals surface area contributed by atoms with Crippen molar-refractivity contribution in [2.45, 2.75) is 32.6 Å². The Labute approximate surface area is 178 Å². The first kappa shape index (κ1) is 20.4. The van der Waals surface area contributed by atoms with Crippen molar-refractivity contribution < 1.29 is 4.79 Å². The fourth-order valence-electron chi connectivity index (χ4n) is 3.96. The second-order valence-corrected chi connectivity index (χ2v) is 8.05. The second-order valence-electron chi connectivity index (χ2n) is 8.05. The molecule has 4 rings (SSSR count). The lowest BCUT2D eigenvalue weighted by Gasteiger charge is -2.14. The summed E-state index contributed by atoms with van der Waals surface area (Å²) in [6.07, 6.45) is 5.76. The molecular formula is C25H30N4O. The molecule has 5 nitrogen and oxygen atoms in total. The van der Waals surface area contributed by atoms with Crippen LogP contribution >= 0.6 is 0 Å². The monoisotopic (exact) mass is 402 g/mol. The highest BCUT2D eigenvalue weighted by Crippen LogP contribution is 2.25. The fourth-order valence-corrected chi connectivity index (χ4v) is 3.96. The quantitative estimate of drug-likeness (QED) is 0.620. The van der Waals surface area contributed by atoms with Gasteiger partial charge in [0.05, 0.1) is 11.4 Å². The lowest BCUT2D eigenvalue weighted by Crippen LogP contribution is -2.33. The Balaban J connectivity index is 1.44. The van der Waals surface area contributed by atoms with Crippen molar-refractivity contribution in [3.05, 3.63) is 71.9 Å². The van der Waals surface area contributed by atoms with Crippen LogP contribution in [0.4, 0.5) is 0 Å². The number of likely N-dealkylation sites (tertiary alicyclic amines) is 1. The molecule has 1 aromatic heterocycles. The second kappa shape index (κ2) is 9.72. The molecule has 1 aliphatic heterocycles. The van der Waals surface area contributed by atoms with E-state index in [1.807, 2.05) is 35.0 Å². The zero-order chi connectivity index (χ0) is 20.8. The minimum atomic E-state index is 0.108. The summed E-state index contributed by atoms with van der Waals surface area (Å²) in [7, 11) is 0. The fraction of sp³-hybridized carbons (Fsp3) is 0.360. The largest absolute Gasteiger partial charge is 0.355 e. The molecule has 1 amide bonds. The summed E-state index contributed by atoms with van der Waals surface area (Å²) in [5.41, 5.74) is 5.37. The average molecular weight is 403 g/mol. The standard InChI is InChI=1S/C25H30N4O/c1-20-9-11-21(12-10-20)25-22(19-29(27-25)23-7-3-2-4-8-23)13-14-24(30)26-15-18-28-16-5-6-17-28/h2-4,7-12,19H,5-6,13-18H2,1H3,(H,26,30). The van der Waals surface area contributed by atoms with Gasteiger partial charge < -0.3 is 10.2 Å². The van der Waals surface area contributed by atoms with E-state index >= 15 is 0 Å². The van der Waals surface area contributed by atoms with Gasteiger partial charge in [0.1, 0.15) is 0 Å². The highest BCUT2D eigenvalue weighted by Gasteiger charge is 2.15. The topological polar surface area (TPSA) is 50.2 Å². The summed E-state index contributed by atoms with van der Waals surface area (Å²) in [5.74, 6) is 0.108. The summed E-state index contributed by atoms with van der Waals surface area (Å²) >= 11 is 0.